The molecule has 5 nitrogen and oxygen atoms in total. The van der Waals surface area contributed by atoms with E-state index in [2.05, 4.69) is 0 Å². The molecule has 1 aliphatic carbocycles. The zero-order chi connectivity index (χ0) is 12.9. The third-order valence-corrected chi connectivity index (χ3v) is 4.94. The van der Waals surface area contributed by atoms with Crippen molar-refractivity contribution in [2.75, 3.05) is 32.6 Å². The molecular weight excluding hydrogens is 260 g/mol. The summed E-state index contributed by atoms with van der Waals surface area (Å²) >= 11 is 4.77. The molecule has 0 aliphatic heterocycles. The predicted molar refractivity (Wildman–Crippen MR) is 71.4 cm³/mol. The van der Waals surface area contributed by atoms with Crippen molar-refractivity contribution in [2.45, 2.75) is 19.3 Å². The molecule has 0 spiro atoms. The maximum absolute atomic E-state index is 12.1. The van der Waals surface area contributed by atoms with E-state index in [0.29, 0.717) is 37.0 Å². The maximum Gasteiger partial charge on any atom is 0.214 e. The topological polar surface area (TPSA) is 72.6 Å². The highest BCUT2D eigenvalue weighted by atomic mass is 32.2. The Morgan fingerprint density at radius 3 is 2.59 bits per heavy atom. The van der Waals surface area contributed by atoms with Crippen molar-refractivity contribution in [1.82, 2.24) is 4.31 Å². The van der Waals surface area contributed by atoms with Gasteiger partial charge in [-0.15, -0.1) is 0 Å². The van der Waals surface area contributed by atoms with Gasteiger partial charge in [0.15, 0.2) is 0 Å². The Balaban J connectivity index is 2.55. The summed E-state index contributed by atoms with van der Waals surface area (Å²) in [5.41, 5.74) is 5.40. The molecule has 0 atom stereocenters. The fourth-order valence-electron chi connectivity index (χ4n) is 1.51. The zero-order valence-corrected chi connectivity index (χ0v) is 11.7. The molecule has 2 N–H and O–H groups in total. The van der Waals surface area contributed by atoms with Crippen LogP contribution in [0.25, 0.3) is 0 Å². The molecule has 1 aliphatic rings. The van der Waals surface area contributed by atoms with E-state index >= 15 is 0 Å². The van der Waals surface area contributed by atoms with Crippen molar-refractivity contribution in [3.05, 3.63) is 0 Å². The van der Waals surface area contributed by atoms with Crippen LogP contribution in [0.5, 0.6) is 0 Å². The minimum atomic E-state index is -3.19. The second kappa shape index (κ2) is 6.63. The predicted octanol–water partition coefficient (Wildman–Crippen LogP) is 0.351. The molecule has 0 saturated heterocycles. The summed E-state index contributed by atoms with van der Waals surface area (Å²) in [5.74, 6) is 0.587. The highest BCUT2D eigenvalue weighted by Crippen LogP contribution is 2.31. The molecule has 0 unspecified atom stereocenters. The Morgan fingerprint density at radius 1 is 1.47 bits per heavy atom. The van der Waals surface area contributed by atoms with Crippen LogP contribution < -0.4 is 5.73 Å². The van der Waals surface area contributed by atoms with Gasteiger partial charge in [0, 0.05) is 26.6 Å². The third-order valence-electron chi connectivity index (χ3n) is 2.69. The number of nitrogens with zero attached hydrogens (tertiary/aromatic N) is 1. The first-order valence-electron chi connectivity index (χ1n) is 5.71. The monoisotopic (exact) mass is 280 g/mol. The van der Waals surface area contributed by atoms with Gasteiger partial charge in [-0.05, 0) is 18.8 Å². The van der Waals surface area contributed by atoms with Gasteiger partial charge in [-0.1, -0.05) is 12.2 Å². The van der Waals surface area contributed by atoms with Crippen LogP contribution in [0, 0.1) is 5.92 Å². The van der Waals surface area contributed by atoms with E-state index in [-0.39, 0.29) is 5.75 Å². The number of ether oxygens (including phenoxy) is 1. The van der Waals surface area contributed by atoms with Crippen LogP contribution in [0.15, 0.2) is 0 Å². The van der Waals surface area contributed by atoms with Crippen LogP contribution in [-0.4, -0.2) is 50.3 Å². The van der Waals surface area contributed by atoms with Crippen LogP contribution in [0.4, 0.5) is 0 Å². The van der Waals surface area contributed by atoms with Crippen molar-refractivity contribution in [1.29, 1.82) is 0 Å². The van der Waals surface area contributed by atoms with E-state index in [4.69, 9.17) is 22.7 Å². The zero-order valence-electron chi connectivity index (χ0n) is 10.1. The first kappa shape index (κ1) is 14.8. The Hall–Kier alpha value is -0.240. The number of sulfonamides is 1. The number of methoxy groups -OCH3 is 1. The molecule has 100 valence electrons. The van der Waals surface area contributed by atoms with E-state index in [9.17, 15) is 8.42 Å². The maximum atomic E-state index is 12.1. The standard InChI is InChI=1S/C10H20N2O3S2/c1-15-7-6-12(5-4-10(11)16)17(13,14)8-9-2-3-9/h9H,2-8H2,1H3,(H2,11,16). The molecule has 0 heterocycles. The molecule has 0 radical (unpaired) electrons. The minimum absolute atomic E-state index is 0.244. The van der Waals surface area contributed by atoms with Crippen LogP contribution in [0.2, 0.25) is 0 Å². The van der Waals surface area contributed by atoms with Gasteiger partial charge >= 0.3 is 0 Å². The lowest BCUT2D eigenvalue weighted by Gasteiger charge is -2.21. The number of thiocarbonyl (C=S) groups is 1. The van der Waals surface area contributed by atoms with Crippen LogP contribution in [0.1, 0.15) is 19.3 Å². The quantitative estimate of drug-likeness (QED) is 0.617. The van der Waals surface area contributed by atoms with Crippen LogP contribution >= 0.6 is 12.2 Å². The second-order valence-corrected chi connectivity index (χ2v) is 6.87. The summed E-state index contributed by atoms with van der Waals surface area (Å²) in [6.07, 6.45) is 2.46. The summed E-state index contributed by atoms with van der Waals surface area (Å²) in [5, 5.41) is 0. The fraction of sp³-hybridized carbons (Fsp3) is 0.900. The lowest BCUT2D eigenvalue weighted by molar-refractivity contribution is 0.179. The van der Waals surface area contributed by atoms with Gasteiger partial charge in [0.2, 0.25) is 10.0 Å². The molecule has 0 aromatic heterocycles. The molecule has 17 heavy (non-hydrogen) atoms. The van der Waals surface area contributed by atoms with Crippen LogP contribution in [0.3, 0.4) is 0 Å². The molecule has 0 aromatic carbocycles. The lowest BCUT2D eigenvalue weighted by Crippen LogP contribution is -2.38. The molecule has 1 saturated carbocycles. The SMILES string of the molecule is COCCN(CCC(N)=S)S(=O)(=O)CC1CC1. The third kappa shape index (κ3) is 5.76. The fourth-order valence-corrected chi connectivity index (χ4v) is 3.46. The Morgan fingerprint density at radius 2 is 2.12 bits per heavy atom. The van der Waals surface area contributed by atoms with Crippen molar-refractivity contribution in [3.63, 3.8) is 0 Å². The number of hydrogen-bond acceptors (Lipinski definition) is 4. The molecule has 7 heteroatoms. The molecule has 0 amide bonds. The molecule has 0 aromatic rings. The van der Waals surface area contributed by atoms with Gasteiger partial charge in [-0.25, -0.2) is 8.42 Å². The average molecular weight is 280 g/mol. The Bertz CT molecular complexity index is 353. The van der Waals surface area contributed by atoms with E-state index < -0.39 is 10.0 Å². The van der Waals surface area contributed by atoms with E-state index in [1.807, 2.05) is 0 Å². The van der Waals surface area contributed by atoms with Crippen molar-refractivity contribution >= 4 is 27.2 Å². The summed E-state index contributed by atoms with van der Waals surface area (Å²) in [7, 11) is -1.63. The summed E-state index contributed by atoms with van der Waals surface area (Å²) in [6, 6.07) is 0. The van der Waals surface area contributed by atoms with Gasteiger partial charge in [0.05, 0.1) is 17.3 Å². The highest BCUT2D eigenvalue weighted by Gasteiger charge is 2.31. The summed E-state index contributed by atoms with van der Waals surface area (Å²) < 4.78 is 30.5. The van der Waals surface area contributed by atoms with E-state index in [0.717, 1.165) is 12.8 Å². The Kier molecular flexibility index (Phi) is 5.78. The molecule has 0 bridgehead atoms. The van der Waals surface area contributed by atoms with E-state index in [1.54, 1.807) is 7.11 Å². The molecular formula is C10H20N2O3S2. The molecule has 1 rings (SSSR count). The van der Waals surface area contributed by atoms with E-state index in [1.165, 1.54) is 4.31 Å². The van der Waals surface area contributed by atoms with Crippen LogP contribution in [-0.2, 0) is 14.8 Å². The largest absolute Gasteiger partial charge is 0.393 e. The first-order chi connectivity index (χ1) is 7.95. The molecule has 1 fully saturated rings. The smallest absolute Gasteiger partial charge is 0.214 e. The normalized spacial score (nSPS) is 16.4. The van der Waals surface area contributed by atoms with Crippen molar-refractivity contribution in [3.8, 4) is 0 Å². The number of nitrogens with two attached hydrogens (primary N) is 1. The highest BCUT2D eigenvalue weighted by molar-refractivity contribution is 7.89. The van der Waals surface area contributed by atoms with Gasteiger partial charge < -0.3 is 10.5 Å². The van der Waals surface area contributed by atoms with Gasteiger partial charge in [-0.2, -0.15) is 4.31 Å². The first-order valence-corrected chi connectivity index (χ1v) is 7.72. The summed E-state index contributed by atoms with van der Waals surface area (Å²) in [6.45, 7) is 1.11. The van der Waals surface area contributed by atoms with Gasteiger partial charge in [0.1, 0.15) is 0 Å². The Labute approximate surface area is 108 Å². The number of rotatable bonds is 9. The van der Waals surface area contributed by atoms with Gasteiger partial charge in [-0.3, -0.25) is 0 Å². The van der Waals surface area contributed by atoms with Gasteiger partial charge in [0.25, 0.3) is 0 Å². The van der Waals surface area contributed by atoms with Crippen molar-refractivity contribution in [2.24, 2.45) is 11.7 Å². The minimum Gasteiger partial charge on any atom is -0.393 e. The summed E-state index contributed by atoms with van der Waals surface area (Å²) in [4.78, 5) is 0.342. The van der Waals surface area contributed by atoms with Crippen molar-refractivity contribution < 1.29 is 13.2 Å². The lowest BCUT2D eigenvalue weighted by atomic mass is 10.4. The second-order valence-electron chi connectivity index (χ2n) is 4.33. The number of hydrogen-bond donors (Lipinski definition) is 1. The average Bonchev–Trinajstić information content (AvgIpc) is 3.00.